The first-order chi connectivity index (χ1) is 28.1. The van der Waals surface area contributed by atoms with Gasteiger partial charge in [0.25, 0.3) is 0 Å². The molecule has 0 amide bonds. The first kappa shape index (κ1) is 32.1. The van der Waals surface area contributed by atoms with Crippen molar-refractivity contribution < 1.29 is 0 Å². The van der Waals surface area contributed by atoms with Crippen molar-refractivity contribution in [3.05, 3.63) is 198 Å². The van der Waals surface area contributed by atoms with E-state index in [1.807, 2.05) is 54.6 Å². The quantitative estimate of drug-likeness (QED) is 0.167. The molecule has 57 heavy (non-hydrogen) atoms. The van der Waals surface area contributed by atoms with E-state index in [2.05, 4.69) is 145 Å². The lowest BCUT2D eigenvalue weighted by Gasteiger charge is -2.15. The van der Waals surface area contributed by atoms with Gasteiger partial charge in [-0.2, -0.15) is 5.26 Å². The lowest BCUT2D eigenvalue weighted by Crippen LogP contribution is -2.01. The van der Waals surface area contributed by atoms with Gasteiger partial charge in [-0.1, -0.05) is 97.1 Å². The van der Waals surface area contributed by atoms with Crippen molar-refractivity contribution in [2.45, 2.75) is 0 Å². The highest BCUT2D eigenvalue weighted by molar-refractivity contribution is 6.15. The predicted molar refractivity (Wildman–Crippen MR) is 232 cm³/mol. The largest absolute Gasteiger partial charge is 0.319 e. The third-order valence-electron chi connectivity index (χ3n) is 11.3. The van der Waals surface area contributed by atoms with Crippen LogP contribution in [0.5, 0.6) is 0 Å². The molecule has 11 aromatic rings. The van der Waals surface area contributed by atoms with Crippen LogP contribution in [0.25, 0.3) is 103 Å². The number of aromatic nitrogens is 3. The Kier molecular flexibility index (Phi) is 6.95. The summed E-state index contributed by atoms with van der Waals surface area (Å²) in [4.78, 5) is 7.69. The van der Waals surface area contributed by atoms with Gasteiger partial charge < -0.3 is 13.7 Å². The summed E-state index contributed by atoms with van der Waals surface area (Å²) < 4.78 is 6.74. The molecular weight excluding hydrogens is 697 g/mol. The fourth-order valence-electron chi connectivity index (χ4n) is 8.84. The summed E-state index contributed by atoms with van der Waals surface area (Å²) in [6, 6.07) is 60.3. The standard InChI is InChI=1S/C51H28N6/c1-53-35-22-26-48-41(30-35)39-13-5-10-18-47(39)56(48)49-25-21-34(29-43(49)54-2)33-19-23-36(24-20-33)55-44-15-7-6-14-40(44)42-27-32(31-52)28-50(51(42)55)57-45-16-8-3-11-37(45)38-12-4-9-17-46(38)57/h3-30H. The SMILES string of the molecule is [C-]#[N+]c1ccc2c(c1)c1ccccc1n2-c1ccc(-c2ccc(-n3c4ccccc4c4cc(C#N)cc(-n5c6ccccc6c6ccccc65)c43)cc2)cc1[N+]#[C-]. The Labute approximate surface area is 327 Å². The van der Waals surface area contributed by atoms with Crippen LogP contribution in [0.3, 0.4) is 0 Å². The average molecular weight is 725 g/mol. The number of hydrogen-bond donors (Lipinski definition) is 0. The topological polar surface area (TPSA) is 47.3 Å². The minimum Gasteiger partial charge on any atom is -0.319 e. The summed E-state index contributed by atoms with van der Waals surface area (Å²) in [5, 5.41) is 16.7. The van der Waals surface area contributed by atoms with Gasteiger partial charge in [0.05, 0.1) is 69.3 Å². The van der Waals surface area contributed by atoms with Crippen molar-refractivity contribution in [2.75, 3.05) is 0 Å². The zero-order chi connectivity index (χ0) is 38.2. The average Bonchev–Trinajstić information content (AvgIpc) is 3.91. The van der Waals surface area contributed by atoms with Crippen molar-refractivity contribution in [3.63, 3.8) is 0 Å². The Bertz CT molecular complexity index is 3560. The van der Waals surface area contributed by atoms with E-state index in [0.717, 1.165) is 93.6 Å². The van der Waals surface area contributed by atoms with Gasteiger partial charge >= 0.3 is 0 Å². The number of rotatable bonds is 4. The maximum Gasteiger partial charge on any atom is 0.211 e. The maximum atomic E-state index is 10.3. The molecule has 0 atom stereocenters. The molecule has 0 aliphatic heterocycles. The molecule has 0 radical (unpaired) electrons. The fraction of sp³-hybridized carbons (Fsp3) is 0. The van der Waals surface area contributed by atoms with Crippen LogP contribution in [0.2, 0.25) is 0 Å². The molecule has 3 aromatic heterocycles. The highest BCUT2D eigenvalue weighted by Gasteiger charge is 2.22. The van der Waals surface area contributed by atoms with Crippen LogP contribution in [-0.4, -0.2) is 13.7 Å². The lowest BCUT2D eigenvalue weighted by molar-refractivity contribution is 1.13. The number of para-hydroxylation sites is 4. The number of hydrogen-bond acceptors (Lipinski definition) is 1. The van der Waals surface area contributed by atoms with Crippen molar-refractivity contribution in [1.82, 2.24) is 13.7 Å². The summed E-state index contributed by atoms with van der Waals surface area (Å²) in [6.07, 6.45) is 0. The molecule has 8 aromatic carbocycles. The summed E-state index contributed by atoms with van der Waals surface area (Å²) in [7, 11) is 0. The van der Waals surface area contributed by atoms with Crippen LogP contribution in [0, 0.1) is 24.5 Å². The minimum atomic E-state index is 0.542. The Morgan fingerprint density at radius 3 is 1.54 bits per heavy atom. The van der Waals surface area contributed by atoms with Crippen LogP contribution in [0.1, 0.15) is 5.56 Å². The number of fused-ring (bicyclic) bond motifs is 9. The second-order valence-electron chi connectivity index (χ2n) is 14.3. The molecule has 3 heterocycles. The van der Waals surface area contributed by atoms with Gasteiger partial charge in [0.15, 0.2) is 5.69 Å². The van der Waals surface area contributed by atoms with Crippen LogP contribution in [0.4, 0.5) is 11.4 Å². The maximum absolute atomic E-state index is 10.3. The molecule has 6 heteroatoms. The number of nitriles is 1. The third-order valence-corrected chi connectivity index (χ3v) is 11.3. The zero-order valence-corrected chi connectivity index (χ0v) is 30.3. The van der Waals surface area contributed by atoms with E-state index in [0.29, 0.717) is 16.9 Å². The molecule has 0 spiro atoms. The van der Waals surface area contributed by atoms with Gasteiger partial charge in [-0.3, -0.25) is 0 Å². The van der Waals surface area contributed by atoms with E-state index in [4.69, 9.17) is 13.1 Å². The van der Waals surface area contributed by atoms with Gasteiger partial charge in [-0.05, 0) is 89.3 Å². The first-order valence-electron chi connectivity index (χ1n) is 18.6. The van der Waals surface area contributed by atoms with Gasteiger partial charge in [0.1, 0.15) is 0 Å². The van der Waals surface area contributed by atoms with E-state index in [9.17, 15) is 5.26 Å². The molecule has 0 aliphatic rings. The molecule has 0 bridgehead atoms. The molecule has 0 saturated heterocycles. The Hall–Kier alpha value is -8.37. The van der Waals surface area contributed by atoms with E-state index >= 15 is 0 Å². The normalized spacial score (nSPS) is 11.5. The summed E-state index contributed by atoms with van der Waals surface area (Å²) >= 11 is 0. The summed E-state index contributed by atoms with van der Waals surface area (Å²) in [5.41, 5.74) is 12.6. The molecule has 0 saturated carbocycles. The van der Waals surface area contributed by atoms with Crippen LogP contribution < -0.4 is 0 Å². The van der Waals surface area contributed by atoms with Crippen LogP contribution in [0.15, 0.2) is 170 Å². The molecule has 262 valence electrons. The second kappa shape index (κ2) is 12.3. The third kappa shape index (κ3) is 4.68. The second-order valence-corrected chi connectivity index (χ2v) is 14.3. The molecule has 0 fully saturated rings. The van der Waals surface area contributed by atoms with Crippen molar-refractivity contribution in [2.24, 2.45) is 0 Å². The lowest BCUT2D eigenvalue weighted by atomic mass is 10.0. The molecule has 0 N–H and O–H groups in total. The predicted octanol–water partition coefficient (Wildman–Crippen LogP) is 13.6. The van der Waals surface area contributed by atoms with E-state index in [-0.39, 0.29) is 0 Å². The Morgan fingerprint density at radius 1 is 0.421 bits per heavy atom. The monoisotopic (exact) mass is 724 g/mol. The fourth-order valence-corrected chi connectivity index (χ4v) is 8.84. The molecule has 11 rings (SSSR count). The van der Waals surface area contributed by atoms with E-state index in [1.54, 1.807) is 0 Å². The van der Waals surface area contributed by atoms with Gasteiger partial charge in [-0.15, -0.1) is 0 Å². The van der Waals surface area contributed by atoms with Crippen LogP contribution >= 0.6 is 0 Å². The van der Waals surface area contributed by atoms with E-state index < -0.39 is 0 Å². The van der Waals surface area contributed by atoms with Crippen LogP contribution in [-0.2, 0) is 0 Å². The van der Waals surface area contributed by atoms with Crippen molar-refractivity contribution in [1.29, 1.82) is 5.26 Å². The smallest absolute Gasteiger partial charge is 0.211 e. The van der Waals surface area contributed by atoms with Gasteiger partial charge in [0.2, 0.25) is 5.69 Å². The summed E-state index contributed by atoms with van der Waals surface area (Å²) in [6.45, 7) is 15.8. The molecule has 6 nitrogen and oxygen atoms in total. The molecular formula is C51H28N6. The minimum absolute atomic E-state index is 0.542. The number of benzene rings is 8. The summed E-state index contributed by atoms with van der Waals surface area (Å²) in [5.74, 6) is 0. The number of nitrogens with zero attached hydrogens (tertiary/aromatic N) is 6. The molecule has 0 unspecified atom stereocenters. The highest BCUT2D eigenvalue weighted by atomic mass is 15.1. The van der Waals surface area contributed by atoms with Gasteiger partial charge in [0, 0.05) is 32.6 Å². The zero-order valence-electron chi connectivity index (χ0n) is 30.3. The Morgan fingerprint density at radius 2 is 0.947 bits per heavy atom. The van der Waals surface area contributed by atoms with Crippen molar-refractivity contribution >= 4 is 76.8 Å². The first-order valence-corrected chi connectivity index (χ1v) is 18.6. The van der Waals surface area contributed by atoms with Crippen molar-refractivity contribution in [3.8, 4) is 34.3 Å². The highest BCUT2D eigenvalue weighted by Crippen LogP contribution is 2.42. The molecule has 0 aliphatic carbocycles. The Balaban J connectivity index is 1.09. The van der Waals surface area contributed by atoms with Gasteiger partial charge in [-0.25, -0.2) is 9.69 Å². The van der Waals surface area contributed by atoms with E-state index in [1.165, 1.54) is 0 Å².